The maximum Gasteiger partial charge on any atom is 0.224 e. The summed E-state index contributed by atoms with van der Waals surface area (Å²) in [4.78, 5) is 16.8. The summed E-state index contributed by atoms with van der Waals surface area (Å²) in [5, 5.41) is 0. The average molecular weight is 288 g/mol. The van der Waals surface area contributed by atoms with Crippen LogP contribution in [0, 0.1) is 0 Å². The van der Waals surface area contributed by atoms with Crippen LogP contribution in [0.5, 0.6) is 0 Å². The third-order valence-corrected chi connectivity index (χ3v) is 4.42. The Morgan fingerprint density at radius 1 is 1.29 bits per heavy atom. The molecule has 3 nitrogen and oxygen atoms in total. The van der Waals surface area contributed by atoms with E-state index in [0.29, 0.717) is 18.4 Å². The molecular formula is C18H28N2O. The zero-order valence-electron chi connectivity index (χ0n) is 13.4. The van der Waals surface area contributed by atoms with Gasteiger partial charge in [0.1, 0.15) is 0 Å². The lowest BCUT2D eigenvalue weighted by Gasteiger charge is -2.35. The number of rotatable bonds is 6. The second kappa shape index (κ2) is 8.18. The van der Waals surface area contributed by atoms with E-state index in [4.69, 9.17) is 0 Å². The predicted molar refractivity (Wildman–Crippen MR) is 87.0 cm³/mol. The van der Waals surface area contributed by atoms with Gasteiger partial charge in [-0.05, 0) is 38.3 Å². The molecule has 3 heteroatoms. The standard InChI is InChI=1S/C18H28N2O/c1-3-17-11-7-8-13-20(17)18(21)12-14-19(2)15-16-9-5-4-6-10-16/h4-6,9-10,17H,3,7-8,11-15H2,1-2H3. The molecule has 1 saturated heterocycles. The van der Waals surface area contributed by atoms with Gasteiger partial charge in [0.05, 0.1) is 0 Å². The number of carbonyl (C=O) groups is 1. The van der Waals surface area contributed by atoms with Gasteiger partial charge in [-0.1, -0.05) is 37.3 Å². The monoisotopic (exact) mass is 288 g/mol. The zero-order valence-corrected chi connectivity index (χ0v) is 13.4. The Bertz CT molecular complexity index is 432. The highest BCUT2D eigenvalue weighted by atomic mass is 16.2. The summed E-state index contributed by atoms with van der Waals surface area (Å²) in [6.45, 7) is 4.89. The molecule has 1 aliphatic rings. The maximum absolute atomic E-state index is 12.4. The molecule has 0 radical (unpaired) electrons. The molecular weight excluding hydrogens is 260 g/mol. The van der Waals surface area contributed by atoms with Gasteiger partial charge in [-0.3, -0.25) is 4.79 Å². The van der Waals surface area contributed by atoms with Crippen molar-refractivity contribution in [1.82, 2.24) is 9.80 Å². The van der Waals surface area contributed by atoms with E-state index in [1.165, 1.54) is 24.8 Å². The summed E-state index contributed by atoms with van der Waals surface area (Å²) < 4.78 is 0. The van der Waals surface area contributed by atoms with Gasteiger partial charge in [0, 0.05) is 32.1 Å². The molecule has 0 N–H and O–H groups in total. The van der Waals surface area contributed by atoms with Crippen molar-refractivity contribution in [3.8, 4) is 0 Å². The fourth-order valence-electron chi connectivity index (χ4n) is 3.16. The summed E-state index contributed by atoms with van der Waals surface area (Å²) in [5.41, 5.74) is 1.30. The summed E-state index contributed by atoms with van der Waals surface area (Å²) in [5.74, 6) is 0.335. The van der Waals surface area contributed by atoms with E-state index in [-0.39, 0.29) is 0 Å². The van der Waals surface area contributed by atoms with Crippen molar-refractivity contribution in [2.24, 2.45) is 0 Å². The van der Waals surface area contributed by atoms with Crippen LogP contribution in [-0.2, 0) is 11.3 Å². The van der Waals surface area contributed by atoms with E-state index in [1.54, 1.807) is 0 Å². The number of hydrogen-bond donors (Lipinski definition) is 0. The van der Waals surface area contributed by atoms with Gasteiger partial charge < -0.3 is 9.80 Å². The van der Waals surface area contributed by atoms with Crippen LogP contribution in [0.1, 0.15) is 44.6 Å². The Hall–Kier alpha value is -1.35. The number of piperidine rings is 1. The lowest BCUT2D eigenvalue weighted by atomic mass is 9.99. The van der Waals surface area contributed by atoms with Crippen LogP contribution in [0.25, 0.3) is 0 Å². The van der Waals surface area contributed by atoms with Crippen molar-refractivity contribution >= 4 is 5.91 Å². The van der Waals surface area contributed by atoms with E-state index < -0.39 is 0 Å². The van der Waals surface area contributed by atoms with Crippen molar-refractivity contribution in [3.05, 3.63) is 35.9 Å². The number of carbonyl (C=O) groups excluding carboxylic acids is 1. The summed E-state index contributed by atoms with van der Waals surface area (Å²) in [7, 11) is 2.09. The Morgan fingerprint density at radius 3 is 2.76 bits per heavy atom. The zero-order chi connectivity index (χ0) is 15.1. The number of nitrogens with zero attached hydrogens (tertiary/aromatic N) is 2. The van der Waals surface area contributed by atoms with Gasteiger partial charge in [-0.2, -0.15) is 0 Å². The molecule has 0 bridgehead atoms. The Balaban J connectivity index is 1.77. The van der Waals surface area contributed by atoms with Crippen molar-refractivity contribution in [3.63, 3.8) is 0 Å². The average Bonchev–Trinajstić information content (AvgIpc) is 2.53. The number of hydrogen-bond acceptors (Lipinski definition) is 2. The van der Waals surface area contributed by atoms with Gasteiger partial charge in [0.2, 0.25) is 5.91 Å². The molecule has 1 aromatic carbocycles. The van der Waals surface area contributed by atoms with Crippen LogP contribution >= 0.6 is 0 Å². The molecule has 0 aliphatic carbocycles. The molecule has 1 heterocycles. The fourth-order valence-corrected chi connectivity index (χ4v) is 3.16. The lowest BCUT2D eigenvalue weighted by Crippen LogP contribution is -2.44. The van der Waals surface area contributed by atoms with E-state index in [9.17, 15) is 4.79 Å². The quantitative estimate of drug-likeness (QED) is 0.802. The lowest BCUT2D eigenvalue weighted by molar-refractivity contribution is -0.135. The molecule has 0 aromatic heterocycles. The summed E-state index contributed by atoms with van der Waals surface area (Å²) >= 11 is 0. The third-order valence-electron chi connectivity index (χ3n) is 4.42. The minimum Gasteiger partial charge on any atom is -0.340 e. The van der Waals surface area contributed by atoms with Gasteiger partial charge in [-0.25, -0.2) is 0 Å². The molecule has 0 spiro atoms. The normalized spacial score (nSPS) is 19.0. The third kappa shape index (κ3) is 4.85. The second-order valence-electron chi connectivity index (χ2n) is 6.12. The number of likely N-dealkylation sites (tertiary alicyclic amines) is 1. The topological polar surface area (TPSA) is 23.6 Å². The van der Waals surface area contributed by atoms with Crippen LogP contribution < -0.4 is 0 Å². The minimum absolute atomic E-state index is 0.335. The van der Waals surface area contributed by atoms with Gasteiger partial charge in [0.25, 0.3) is 0 Å². The van der Waals surface area contributed by atoms with Crippen LogP contribution in [0.4, 0.5) is 0 Å². The molecule has 1 fully saturated rings. The van der Waals surface area contributed by atoms with E-state index in [0.717, 1.165) is 26.1 Å². The minimum atomic E-state index is 0.335. The largest absolute Gasteiger partial charge is 0.340 e. The highest BCUT2D eigenvalue weighted by Gasteiger charge is 2.24. The molecule has 1 aromatic rings. The highest BCUT2D eigenvalue weighted by Crippen LogP contribution is 2.20. The maximum atomic E-state index is 12.4. The number of amides is 1. The van der Waals surface area contributed by atoms with E-state index >= 15 is 0 Å². The van der Waals surface area contributed by atoms with Gasteiger partial charge >= 0.3 is 0 Å². The molecule has 1 atom stereocenters. The smallest absolute Gasteiger partial charge is 0.224 e. The molecule has 21 heavy (non-hydrogen) atoms. The van der Waals surface area contributed by atoms with Gasteiger partial charge in [0.15, 0.2) is 0 Å². The Kier molecular flexibility index (Phi) is 6.24. The van der Waals surface area contributed by atoms with Crippen molar-refractivity contribution in [2.45, 2.75) is 51.6 Å². The first-order valence-electron chi connectivity index (χ1n) is 8.22. The molecule has 1 aliphatic heterocycles. The van der Waals surface area contributed by atoms with Crippen LogP contribution in [0.2, 0.25) is 0 Å². The Morgan fingerprint density at radius 2 is 2.05 bits per heavy atom. The first-order valence-corrected chi connectivity index (χ1v) is 8.22. The number of benzene rings is 1. The van der Waals surface area contributed by atoms with Crippen LogP contribution in [0.15, 0.2) is 30.3 Å². The fraction of sp³-hybridized carbons (Fsp3) is 0.611. The molecule has 1 amide bonds. The second-order valence-corrected chi connectivity index (χ2v) is 6.12. The SMILES string of the molecule is CCC1CCCCN1C(=O)CCN(C)Cc1ccccc1. The molecule has 116 valence electrons. The van der Waals surface area contributed by atoms with Gasteiger partial charge in [-0.15, -0.1) is 0 Å². The first kappa shape index (κ1) is 16.0. The van der Waals surface area contributed by atoms with E-state index in [2.05, 4.69) is 48.0 Å². The highest BCUT2D eigenvalue weighted by molar-refractivity contribution is 5.76. The van der Waals surface area contributed by atoms with Crippen molar-refractivity contribution in [2.75, 3.05) is 20.1 Å². The Labute approximate surface area is 128 Å². The molecule has 2 rings (SSSR count). The van der Waals surface area contributed by atoms with Crippen LogP contribution in [0.3, 0.4) is 0 Å². The van der Waals surface area contributed by atoms with Crippen molar-refractivity contribution < 1.29 is 4.79 Å². The van der Waals surface area contributed by atoms with E-state index in [1.807, 2.05) is 6.07 Å². The van der Waals surface area contributed by atoms with Crippen LogP contribution in [-0.4, -0.2) is 41.9 Å². The van der Waals surface area contributed by atoms with Crippen molar-refractivity contribution in [1.29, 1.82) is 0 Å². The summed E-state index contributed by atoms with van der Waals surface area (Å²) in [6, 6.07) is 10.9. The molecule has 1 unspecified atom stereocenters. The predicted octanol–water partition coefficient (Wildman–Crippen LogP) is 3.30. The first-order chi connectivity index (χ1) is 10.2. The molecule has 0 saturated carbocycles. The summed E-state index contributed by atoms with van der Waals surface area (Å²) in [6.07, 6.45) is 5.35.